The number of hydrogen-bond donors (Lipinski definition) is 2. The third-order valence-corrected chi connectivity index (χ3v) is 6.20. The van der Waals surface area contributed by atoms with Crippen LogP contribution in [0.1, 0.15) is 51.4 Å². The molecule has 9 nitrogen and oxygen atoms in total. The van der Waals surface area contributed by atoms with Crippen LogP contribution in [-0.2, 0) is 20.9 Å². The lowest BCUT2D eigenvalue weighted by Crippen LogP contribution is -2.29. The number of likely N-dealkylation sites (tertiary alicyclic amines) is 1. The van der Waals surface area contributed by atoms with Crippen LogP contribution in [0.2, 0.25) is 0 Å². The van der Waals surface area contributed by atoms with Gasteiger partial charge in [-0.1, -0.05) is 24.3 Å². The number of H-pyrrole nitrogens is 1. The first-order valence-electron chi connectivity index (χ1n) is 11.5. The number of aromatic amines is 1. The molecule has 0 radical (unpaired) electrons. The normalized spacial score (nSPS) is 16.9. The van der Waals surface area contributed by atoms with Crippen molar-refractivity contribution in [3.05, 3.63) is 88.0 Å². The first-order valence-corrected chi connectivity index (χ1v) is 11.5. The number of aliphatic hydroxyl groups excluding tert-OH is 1. The number of ether oxygens (including phenoxy) is 2. The zero-order valence-corrected chi connectivity index (χ0v) is 20.5. The highest BCUT2D eigenvalue weighted by atomic mass is 16.5. The zero-order valence-electron chi connectivity index (χ0n) is 20.5. The van der Waals surface area contributed by atoms with Gasteiger partial charge in [0.25, 0.3) is 11.7 Å². The summed E-state index contributed by atoms with van der Waals surface area (Å²) in [6.45, 7) is 5.30. The molecule has 1 atom stereocenters. The van der Waals surface area contributed by atoms with Gasteiger partial charge in [-0.05, 0) is 44.0 Å². The molecule has 1 saturated heterocycles. The summed E-state index contributed by atoms with van der Waals surface area (Å²) in [6.07, 6.45) is 3.23. The lowest BCUT2D eigenvalue weighted by molar-refractivity contribution is -0.140. The molecule has 186 valence electrons. The number of aryl methyl sites for hydroxylation is 1. The Balaban J connectivity index is 1.93. The Hall–Kier alpha value is -4.40. The van der Waals surface area contributed by atoms with Crippen molar-refractivity contribution >= 4 is 23.4 Å². The Bertz CT molecular complexity index is 1360. The standard InChI is InChI=1S/C27H27N3O6/c1-5-36-27(34)22-15(2)20(16(3)29-22)24(31)21-23(18-10-6-7-11-19(18)35-4)30(26(33)25(21)32)14-17-9-8-12-28-13-17/h6-13,23,29,31H,5,14H2,1-4H3/b24-21+/t23-/m0/s1. The lowest BCUT2D eigenvalue weighted by atomic mass is 9.93. The van der Waals surface area contributed by atoms with Crippen LogP contribution >= 0.6 is 0 Å². The Kier molecular flexibility index (Phi) is 6.91. The third kappa shape index (κ3) is 4.24. The van der Waals surface area contributed by atoms with E-state index in [1.165, 1.54) is 12.0 Å². The van der Waals surface area contributed by atoms with Crippen molar-refractivity contribution < 1.29 is 29.0 Å². The van der Waals surface area contributed by atoms with Gasteiger partial charge in [0, 0.05) is 35.8 Å². The number of nitrogens with zero attached hydrogens (tertiary/aromatic N) is 2. The van der Waals surface area contributed by atoms with Crippen molar-refractivity contribution in [3.63, 3.8) is 0 Å². The molecule has 1 amide bonds. The van der Waals surface area contributed by atoms with Crippen LogP contribution in [0, 0.1) is 13.8 Å². The average molecular weight is 490 g/mol. The Morgan fingerprint density at radius 3 is 2.58 bits per heavy atom. The highest BCUT2D eigenvalue weighted by molar-refractivity contribution is 6.46. The van der Waals surface area contributed by atoms with Gasteiger partial charge in [-0.2, -0.15) is 0 Å². The Morgan fingerprint density at radius 1 is 1.17 bits per heavy atom. The summed E-state index contributed by atoms with van der Waals surface area (Å²) in [5.41, 5.74) is 2.51. The molecule has 9 heteroatoms. The number of ketones is 1. The fourth-order valence-corrected chi connectivity index (χ4v) is 4.59. The van der Waals surface area contributed by atoms with Gasteiger partial charge in [-0.3, -0.25) is 14.6 Å². The van der Waals surface area contributed by atoms with Crippen LogP contribution in [0.15, 0.2) is 54.4 Å². The molecular formula is C27H27N3O6. The van der Waals surface area contributed by atoms with Gasteiger partial charge < -0.3 is 24.5 Å². The molecule has 0 saturated carbocycles. The number of Topliss-reactive ketones (excluding diaryl/α,β-unsaturated/α-hetero) is 1. The van der Waals surface area contributed by atoms with Crippen LogP contribution in [0.5, 0.6) is 5.75 Å². The molecule has 4 rings (SSSR count). The van der Waals surface area contributed by atoms with E-state index in [0.717, 1.165) is 5.56 Å². The Labute approximate surface area is 208 Å². The summed E-state index contributed by atoms with van der Waals surface area (Å²) in [6, 6.07) is 9.65. The van der Waals surface area contributed by atoms with E-state index in [1.54, 1.807) is 69.6 Å². The Morgan fingerprint density at radius 2 is 1.92 bits per heavy atom. The number of methoxy groups -OCH3 is 1. The summed E-state index contributed by atoms with van der Waals surface area (Å²) in [5, 5.41) is 11.5. The molecule has 1 aromatic carbocycles. The summed E-state index contributed by atoms with van der Waals surface area (Å²) < 4.78 is 10.6. The van der Waals surface area contributed by atoms with Gasteiger partial charge in [-0.25, -0.2) is 4.79 Å². The number of para-hydroxylation sites is 1. The predicted octanol–water partition coefficient (Wildman–Crippen LogP) is 3.83. The highest BCUT2D eigenvalue weighted by Gasteiger charge is 2.47. The van der Waals surface area contributed by atoms with E-state index in [4.69, 9.17) is 9.47 Å². The molecule has 1 aliphatic rings. The van der Waals surface area contributed by atoms with Crippen molar-refractivity contribution in [2.75, 3.05) is 13.7 Å². The number of carbonyl (C=O) groups is 3. The van der Waals surface area contributed by atoms with E-state index in [9.17, 15) is 19.5 Å². The topological polar surface area (TPSA) is 122 Å². The van der Waals surface area contributed by atoms with E-state index < -0.39 is 23.7 Å². The maximum Gasteiger partial charge on any atom is 0.355 e. The van der Waals surface area contributed by atoms with E-state index >= 15 is 0 Å². The molecule has 0 bridgehead atoms. The molecule has 36 heavy (non-hydrogen) atoms. The smallest absolute Gasteiger partial charge is 0.355 e. The summed E-state index contributed by atoms with van der Waals surface area (Å²) in [7, 11) is 1.50. The fourth-order valence-electron chi connectivity index (χ4n) is 4.59. The number of benzene rings is 1. The first kappa shape index (κ1) is 24.7. The summed E-state index contributed by atoms with van der Waals surface area (Å²) >= 11 is 0. The first-order chi connectivity index (χ1) is 17.3. The van der Waals surface area contributed by atoms with Crippen molar-refractivity contribution in [1.29, 1.82) is 0 Å². The van der Waals surface area contributed by atoms with Gasteiger partial charge in [0.15, 0.2) is 0 Å². The number of nitrogens with one attached hydrogen (secondary N) is 1. The monoisotopic (exact) mass is 489 g/mol. The second-order valence-electron chi connectivity index (χ2n) is 8.38. The lowest BCUT2D eigenvalue weighted by Gasteiger charge is -2.26. The molecule has 1 fully saturated rings. The predicted molar refractivity (Wildman–Crippen MR) is 131 cm³/mol. The molecule has 0 spiro atoms. The number of hydrogen-bond acceptors (Lipinski definition) is 7. The van der Waals surface area contributed by atoms with Crippen molar-refractivity contribution in [2.24, 2.45) is 0 Å². The number of amides is 1. The summed E-state index contributed by atoms with van der Waals surface area (Å²) in [5.74, 6) is -2.07. The second-order valence-corrected chi connectivity index (χ2v) is 8.38. The quantitative estimate of drug-likeness (QED) is 0.224. The van der Waals surface area contributed by atoms with Crippen LogP contribution in [0.25, 0.3) is 5.76 Å². The minimum absolute atomic E-state index is 0.0889. The fraction of sp³-hybridized carbons (Fsp3) is 0.259. The second kappa shape index (κ2) is 10.1. The zero-order chi connectivity index (χ0) is 26.0. The van der Waals surface area contributed by atoms with E-state index in [1.807, 2.05) is 0 Å². The SMILES string of the molecule is CCOC(=O)c1[nH]c(C)c(/C(O)=C2\C(=O)C(=O)N(Cc3cccnc3)[C@H]2c2ccccc2OC)c1C. The third-order valence-electron chi connectivity index (χ3n) is 6.20. The minimum atomic E-state index is -0.930. The average Bonchev–Trinajstić information content (AvgIpc) is 3.31. The minimum Gasteiger partial charge on any atom is -0.507 e. The molecule has 3 heterocycles. The highest BCUT2D eigenvalue weighted by Crippen LogP contribution is 2.44. The van der Waals surface area contributed by atoms with Gasteiger partial charge in [0.05, 0.1) is 25.3 Å². The number of carbonyl (C=O) groups excluding carboxylic acids is 3. The van der Waals surface area contributed by atoms with Gasteiger partial charge in [0.2, 0.25) is 0 Å². The van der Waals surface area contributed by atoms with Crippen LogP contribution in [-0.4, -0.2) is 51.4 Å². The van der Waals surface area contributed by atoms with Gasteiger partial charge in [-0.15, -0.1) is 0 Å². The number of pyridine rings is 1. The van der Waals surface area contributed by atoms with Crippen molar-refractivity contribution in [3.8, 4) is 5.75 Å². The summed E-state index contributed by atoms with van der Waals surface area (Å²) in [4.78, 5) is 47.6. The van der Waals surface area contributed by atoms with E-state index in [0.29, 0.717) is 22.6 Å². The van der Waals surface area contributed by atoms with Crippen molar-refractivity contribution in [2.45, 2.75) is 33.4 Å². The van der Waals surface area contributed by atoms with E-state index in [-0.39, 0.29) is 35.7 Å². The molecule has 2 N–H and O–H groups in total. The van der Waals surface area contributed by atoms with E-state index in [2.05, 4.69) is 9.97 Å². The molecule has 1 aliphatic heterocycles. The molecule has 2 aromatic heterocycles. The van der Waals surface area contributed by atoms with Crippen LogP contribution in [0.4, 0.5) is 0 Å². The molecular weight excluding hydrogens is 462 g/mol. The van der Waals surface area contributed by atoms with Crippen LogP contribution in [0.3, 0.4) is 0 Å². The number of aromatic nitrogens is 2. The maximum absolute atomic E-state index is 13.4. The molecule has 3 aromatic rings. The number of rotatable bonds is 7. The van der Waals surface area contributed by atoms with Crippen molar-refractivity contribution in [1.82, 2.24) is 14.9 Å². The van der Waals surface area contributed by atoms with Gasteiger partial charge in [0.1, 0.15) is 17.2 Å². The largest absolute Gasteiger partial charge is 0.507 e. The number of aliphatic hydroxyl groups is 1. The molecule has 0 aliphatic carbocycles. The maximum atomic E-state index is 13.4. The molecule has 0 unspecified atom stereocenters. The van der Waals surface area contributed by atoms with Crippen LogP contribution < -0.4 is 4.74 Å². The van der Waals surface area contributed by atoms with Gasteiger partial charge >= 0.3 is 5.97 Å². The number of esters is 1.